The van der Waals surface area contributed by atoms with E-state index in [1.54, 1.807) is 4.52 Å². The van der Waals surface area contributed by atoms with E-state index < -0.39 is 0 Å². The van der Waals surface area contributed by atoms with Crippen molar-refractivity contribution in [3.8, 4) is 22.0 Å². The second kappa shape index (κ2) is 5.19. The lowest BCUT2D eigenvalue weighted by molar-refractivity contribution is 0.970. The average molecular weight is 327 g/mol. The van der Waals surface area contributed by atoms with Gasteiger partial charge >= 0.3 is 0 Å². The monoisotopic (exact) mass is 326 g/mol. The van der Waals surface area contributed by atoms with E-state index >= 15 is 0 Å². The lowest BCUT2D eigenvalue weighted by Crippen LogP contribution is -1.91. The molecule has 0 N–H and O–H groups in total. The molecule has 6 heteroatoms. The molecule has 4 nitrogen and oxygen atoms in total. The van der Waals surface area contributed by atoms with Gasteiger partial charge in [-0.25, -0.2) is 0 Å². The third-order valence-corrected chi connectivity index (χ3v) is 4.56. The quantitative estimate of drug-likeness (QED) is 0.545. The van der Waals surface area contributed by atoms with Gasteiger partial charge in [-0.1, -0.05) is 64.9 Å². The van der Waals surface area contributed by atoms with E-state index in [2.05, 4.69) is 34.4 Å². The van der Waals surface area contributed by atoms with Gasteiger partial charge in [-0.3, -0.25) is 0 Å². The highest BCUT2D eigenvalue weighted by Gasteiger charge is 2.14. The summed E-state index contributed by atoms with van der Waals surface area (Å²) in [5.41, 5.74) is 3.20. The number of aryl methyl sites for hydroxylation is 1. The largest absolute Gasteiger partial charge is 0.235 e. The summed E-state index contributed by atoms with van der Waals surface area (Å²) in [4.78, 5) is 0.769. The SMILES string of the molecule is Cc1ccc(-c2nnc3sc(-c4cccc(Cl)c4)nn23)cc1. The molecule has 0 unspecified atom stereocenters. The van der Waals surface area contributed by atoms with E-state index in [0.717, 1.165) is 26.9 Å². The highest BCUT2D eigenvalue weighted by Crippen LogP contribution is 2.29. The normalized spacial score (nSPS) is 11.2. The lowest BCUT2D eigenvalue weighted by Gasteiger charge is -1.98. The molecule has 0 bridgehead atoms. The lowest BCUT2D eigenvalue weighted by atomic mass is 10.1. The summed E-state index contributed by atoms with van der Waals surface area (Å²) >= 11 is 7.55. The first-order valence-electron chi connectivity index (χ1n) is 6.76. The highest BCUT2D eigenvalue weighted by atomic mass is 35.5. The van der Waals surface area contributed by atoms with Crippen LogP contribution in [0.2, 0.25) is 5.02 Å². The van der Waals surface area contributed by atoms with E-state index in [0.29, 0.717) is 5.02 Å². The van der Waals surface area contributed by atoms with Crippen LogP contribution in [0.4, 0.5) is 0 Å². The molecular weight excluding hydrogens is 316 g/mol. The van der Waals surface area contributed by atoms with Crippen molar-refractivity contribution < 1.29 is 0 Å². The fraction of sp³-hybridized carbons (Fsp3) is 0.0625. The highest BCUT2D eigenvalue weighted by molar-refractivity contribution is 7.19. The van der Waals surface area contributed by atoms with Crippen LogP contribution in [0.3, 0.4) is 0 Å². The number of nitrogens with zero attached hydrogens (tertiary/aromatic N) is 4. The number of aromatic nitrogens is 4. The summed E-state index contributed by atoms with van der Waals surface area (Å²) < 4.78 is 1.78. The molecule has 0 amide bonds. The zero-order valence-corrected chi connectivity index (χ0v) is 13.3. The minimum absolute atomic E-state index is 0.697. The van der Waals surface area contributed by atoms with E-state index in [9.17, 15) is 0 Å². The van der Waals surface area contributed by atoms with E-state index in [1.807, 2.05) is 36.4 Å². The smallest absolute Gasteiger partial charge is 0.182 e. The molecule has 0 spiro atoms. The Labute approximate surface area is 136 Å². The molecule has 0 aliphatic rings. The molecule has 0 aliphatic carbocycles. The molecule has 4 aromatic rings. The molecule has 2 aromatic carbocycles. The Kier molecular flexibility index (Phi) is 3.17. The summed E-state index contributed by atoms with van der Waals surface area (Å²) in [7, 11) is 0. The number of fused-ring (bicyclic) bond motifs is 1. The van der Waals surface area contributed by atoms with Crippen LogP contribution in [0, 0.1) is 6.92 Å². The Hall–Kier alpha value is -2.24. The van der Waals surface area contributed by atoms with Gasteiger partial charge in [0, 0.05) is 16.1 Å². The van der Waals surface area contributed by atoms with Crippen molar-refractivity contribution >= 4 is 27.9 Å². The van der Waals surface area contributed by atoms with Crippen molar-refractivity contribution in [1.29, 1.82) is 0 Å². The number of benzene rings is 2. The molecule has 2 aromatic heterocycles. The summed E-state index contributed by atoms with van der Waals surface area (Å²) in [6.45, 7) is 2.06. The van der Waals surface area contributed by atoms with Gasteiger partial charge < -0.3 is 0 Å². The first kappa shape index (κ1) is 13.4. The van der Waals surface area contributed by atoms with Crippen molar-refractivity contribution in [3.05, 3.63) is 59.1 Å². The molecule has 4 rings (SSSR count). The molecule has 0 radical (unpaired) electrons. The van der Waals surface area contributed by atoms with Crippen LogP contribution in [0.25, 0.3) is 26.9 Å². The topological polar surface area (TPSA) is 43.1 Å². The summed E-state index contributed by atoms with van der Waals surface area (Å²) in [5, 5.41) is 14.7. The van der Waals surface area contributed by atoms with Crippen LogP contribution in [-0.2, 0) is 0 Å². The number of hydrogen-bond acceptors (Lipinski definition) is 4. The second-order valence-corrected chi connectivity index (χ2v) is 6.39. The maximum atomic E-state index is 6.05. The zero-order chi connectivity index (χ0) is 15.1. The molecule has 0 saturated heterocycles. The van der Waals surface area contributed by atoms with Crippen LogP contribution in [0.5, 0.6) is 0 Å². The molecule has 0 aliphatic heterocycles. The average Bonchev–Trinajstić information content (AvgIpc) is 3.08. The van der Waals surface area contributed by atoms with Crippen molar-refractivity contribution in [2.24, 2.45) is 0 Å². The van der Waals surface area contributed by atoms with E-state index in [4.69, 9.17) is 11.6 Å². The van der Waals surface area contributed by atoms with Crippen LogP contribution in [0.15, 0.2) is 48.5 Å². The van der Waals surface area contributed by atoms with Gasteiger partial charge in [-0.2, -0.15) is 9.61 Å². The minimum Gasteiger partial charge on any atom is -0.182 e. The molecule has 0 fully saturated rings. The van der Waals surface area contributed by atoms with Crippen LogP contribution in [-0.4, -0.2) is 19.8 Å². The third kappa shape index (κ3) is 2.28. The second-order valence-electron chi connectivity index (χ2n) is 5.00. The van der Waals surface area contributed by atoms with Gasteiger partial charge in [0.2, 0.25) is 4.96 Å². The maximum absolute atomic E-state index is 6.05. The number of hydrogen-bond donors (Lipinski definition) is 0. The maximum Gasteiger partial charge on any atom is 0.235 e. The fourth-order valence-electron chi connectivity index (χ4n) is 2.24. The Balaban J connectivity index is 1.84. The van der Waals surface area contributed by atoms with Crippen molar-refractivity contribution in [1.82, 2.24) is 19.8 Å². The first-order valence-corrected chi connectivity index (χ1v) is 7.95. The zero-order valence-electron chi connectivity index (χ0n) is 11.7. The third-order valence-electron chi connectivity index (χ3n) is 3.37. The fourth-order valence-corrected chi connectivity index (χ4v) is 3.26. The van der Waals surface area contributed by atoms with Gasteiger partial charge in [0.05, 0.1) is 0 Å². The van der Waals surface area contributed by atoms with Crippen LogP contribution in [0.1, 0.15) is 5.56 Å². The van der Waals surface area contributed by atoms with Crippen molar-refractivity contribution in [2.45, 2.75) is 6.92 Å². The summed E-state index contributed by atoms with van der Waals surface area (Å²) in [6, 6.07) is 15.8. The number of rotatable bonds is 2. The van der Waals surface area contributed by atoms with Gasteiger partial charge in [-0.05, 0) is 19.1 Å². The first-order chi connectivity index (χ1) is 10.7. The Morgan fingerprint density at radius 1 is 1.00 bits per heavy atom. The predicted molar refractivity (Wildman–Crippen MR) is 89.3 cm³/mol. The van der Waals surface area contributed by atoms with Gasteiger partial charge in [0.1, 0.15) is 5.01 Å². The molecule has 108 valence electrons. The van der Waals surface area contributed by atoms with Gasteiger partial charge in [0.15, 0.2) is 5.82 Å². The Bertz CT molecular complexity index is 956. The predicted octanol–water partition coefficient (Wildman–Crippen LogP) is 4.48. The van der Waals surface area contributed by atoms with Crippen molar-refractivity contribution in [2.75, 3.05) is 0 Å². The molecule has 0 saturated carbocycles. The minimum atomic E-state index is 0.697. The van der Waals surface area contributed by atoms with Crippen LogP contribution < -0.4 is 0 Å². The molecule has 2 heterocycles. The van der Waals surface area contributed by atoms with Gasteiger partial charge in [-0.15, -0.1) is 10.2 Å². The van der Waals surface area contributed by atoms with Gasteiger partial charge in [0.25, 0.3) is 0 Å². The number of halogens is 1. The van der Waals surface area contributed by atoms with E-state index in [1.165, 1.54) is 16.9 Å². The Morgan fingerprint density at radius 2 is 1.82 bits per heavy atom. The molecule has 0 atom stereocenters. The standard InChI is InChI=1S/C16H11ClN4S/c1-10-5-7-11(8-6-10)14-18-19-16-21(14)20-15(22-16)12-3-2-4-13(17)9-12/h2-9H,1H3. The van der Waals surface area contributed by atoms with E-state index in [-0.39, 0.29) is 0 Å². The summed E-state index contributed by atoms with van der Waals surface area (Å²) in [5.74, 6) is 0.750. The molecular formula is C16H11ClN4S. The summed E-state index contributed by atoms with van der Waals surface area (Å²) in [6.07, 6.45) is 0. The molecule has 22 heavy (non-hydrogen) atoms. The van der Waals surface area contributed by atoms with Crippen LogP contribution >= 0.6 is 22.9 Å². The van der Waals surface area contributed by atoms with Crippen molar-refractivity contribution in [3.63, 3.8) is 0 Å². The Morgan fingerprint density at radius 3 is 2.59 bits per heavy atom.